The number of hydrogen-bond donors (Lipinski definition) is 1. The monoisotopic (exact) mass is 271 g/mol. The number of carbonyl (C=O) groups excluding carboxylic acids is 2. The highest BCUT2D eigenvalue weighted by atomic mass is 79.9. The zero-order chi connectivity index (χ0) is 11.4. The van der Waals surface area contributed by atoms with Crippen LogP contribution in [0.1, 0.15) is 10.4 Å². The number of halogens is 1. The van der Waals surface area contributed by atoms with Crippen molar-refractivity contribution in [2.24, 2.45) is 5.73 Å². The molecule has 0 bridgehead atoms. The predicted octanol–water partition coefficient (Wildman–Crippen LogP) is 0.401. The molecular weight excluding hydrogens is 262 g/mol. The molecule has 1 aromatic heterocycles. The molecule has 0 aromatic carbocycles. The zero-order valence-corrected chi connectivity index (χ0v) is 9.69. The van der Waals surface area contributed by atoms with Gasteiger partial charge in [0.15, 0.2) is 0 Å². The van der Waals surface area contributed by atoms with E-state index in [1.54, 1.807) is 18.3 Å². The first-order valence-electron chi connectivity index (χ1n) is 4.16. The van der Waals surface area contributed by atoms with Crippen LogP contribution in [0, 0.1) is 0 Å². The second kappa shape index (κ2) is 4.88. The Kier molecular flexibility index (Phi) is 3.79. The molecule has 0 saturated heterocycles. The molecule has 6 heteroatoms. The number of pyridine rings is 1. The highest BCUT2D eigenvalue weighted by Crippen LogP contribution is 2.14. The Morgan fingerprint density at radius 1 is 1.60 bits per heavy atom. The van der Waals surface area contributed by atoms with Gasteiger partial charge in [-0.15, -0.1) is 0 Å². The fourth-order valence-electron chi connectivity index (χ4n) is 1.06. The summed E-state index contributed by atoms with van der Waals surface area (Å²) in [7, 11) is 1.51. The highest BCUT2D eigenvalue weighted by Gasteiger charge is 2.16. The first-order valence-corrected chi connectivity index (χ1v) is 4.96. The minimum absolute atomic E-state index is 0.111. The number of primary amides is 1. The van der Waals surface area contributed by atoms with E-state index in [-0.39, 0.29) is 12.5 Å². The number of amides is 2. The Hall–Kier alpha value is -1.43. The summed E-state index contributed by atoms with van der Waals surface area (Å²) in [5.41, 5.74) is 5.39. The number of hydrogen-bond acceptors (Lipinski definition) is 3. The van der Waals surface area contributed by atoms with E-state index in [9.17, 15) is 9.59 Å². The molecule has 0 unspecified atom stereocenters. The van der Waals surface area contributed by atoms with E-state index in [2.05, 4.69) is 20.9 Å². The summed E-state index contributed by atoms with van der Waals surface area (Å²) in [6, 6.07) is 3.27. The average molecular weight is 272 g/mol. The predicted molar refractivity (Wildman–Crippen MR) is 58.1 cm³/mol. The maximum absolute atomic E-state index is 11.7. The smallest absolute Gasteiger partial charge is 0.256 e. The molecule has 1 rings (SSSR count). The highest BCUT2D eigenvalue weighted by molar-refractivity contribution is 9.10. The molecule has 80 valence electrons. The van der Waals surface area contributed by atoms with E-state index in [1.807, 2.05) is 0 Å². The van der Waals surface area contributed by atoms with Gasteiger partial charge in [-0.3, -0.25) is 9.59 Å². The van der Waals surface area contributed by atoms with E-state index in [0.717, 1.165) is 0 Å². The van der Waals surface area contributed by atoms with Crippen LogP contribution in [0.15, 0.2) is 22.9 Å². The van der Waals surface area contributed by atoms with Gasteiger partial charge in [0.1, 0.15) is 4.60 Å². The van der Waals surface area contributed by atoms with Gasteiger partial charge < -0.3 is 10.6 Å². The molecule has 0 aliphatic heterocycles. The third-order valence-electron chi connectivity index (χ3n) is 1.73. The maximum atomic E-state index is 11.7. The minimum atomic E-state index is -0.550. The topological polar surface area (TPSA) is 76.3 Å². The number of likely N-dealkylation sites (N-methyl/N-ethyl adjacent to an activating group) is 1. The van der Waals surface area contributed by atoms with Gasteiger partial charge in [-0.25, -0.2) is 4.98 Å². The number of nitrogens with two attached hydrogens (primary N) is 1. The zero-order valence-electron chi connectivity index (χ0n) is 8.11. The largest absolute Gasteiger partial charge is 0.368 e. The van der Waals surface area contributed by atoms with Gasteiger partial charge in [0.25, 0.3) is 5.91 Å². The lowest BCUT2D eigenvalue weighted by Gasteiger charge is -2.15. The quantitative estimate of drug-likeness (QED) is 0.809. The van der Waals surface area contributed by atoms with Gasteiger partial charge in [-0.1, -0.05) is 0 Å². The SMILES string of the molecule is CN(CC(N)=O)C(=O)c1cccnc1Br. The van der Waals surface area contributed by atoms with Crippen LogP contribution >= 0.6 is 15.9 Å². The molecule has 1 aromatic rings. The fraction of sp³-hybridized carbons (Fsp3) is 0.222. The van der Waals surface area contributed by atoms with Gasteiger partial charge >= 0.3 is 0 Å². The van der Waals surface area contributed by atoms with Crippen LogP contribution in [-0.4, -0.2) is 35.3 Å². The Morgan fingerprint density at radius 2 is 2.27 bits per heavy atom. The molecule has 5 nitrogen and oxygen atoms in total. The second-order valence-corrected chi connectivity index (χ2v) is 3.72. The van der Waals surface area contributed by atoms with Crippen LogP contribution in [-0.2, 0) is 4.79 Å². The Morgan fingerprint density at radius 3 is 2.80 bits per heavy atom. The Balaban J connectivity index is 2.85. The normalized spacial score (nSPS) is 9.73. The molecule has 0 aliphatic rings. The van der Waals surface area contributed by atoms with E-state index in [1.165, 1.54) is 11.9 Å². The minimum Gasteiger partial charge on any atom is -0.368 e. The molecule has 1 heterocycles. The van der Waals surface area contributed by atoms with Crippen LogP contribution in [0.4, 0.5) is 0 Å². The Labute approximate surface area is 95.4 Å². The standard InChI is InChI=1S/C9H10BrN3O2/c1-13(5-7(11)14)9(15)6-3-2-4-12-8(6)10/h2-4H,5H2,1H3,(H2,11,14). The van der Waals surface area contributed by atoms with E-state index >= 15 is 0 Å². The molecule has 0 aliphatic carbocycles. The molecule has 0 fully saturated rings. The van der Waals surface area contributed by atoms with Crippen molar-refractivity contribution in [3.8, 4) is 0 Å². The Bertz CT molecular complexity index is 395. The average Bonchev–Trinajstić information content (AvgIpc) is 2.16. The van der Waals surface area contributed by atoms with Crippen LogP contribution in [0.5, 0.6) is 0 Å². The molecule has 0 saturated carbocycles. The van der Waals surface area contributed by atoms with Gasteiger partial charge in [0.2, 0.25) is 5.91 Å². The van der Waals surface area contributed by atoms with Crippen molar-refractivity contribution in [2.75, 3.05) is 13.6 Å². The molecule has 0 atom stereocenters. The van der Waals surface area contributed by atoms with E-state index in [0.29, 0.717) is 10.2 Å². The van der Waals surface area contributed by atoms with Crippen molar-refractivity contribution in [1.29, 1.82) is 0 Å². The van der Waals surface area contributed by atoms with Crippen LogP contribution in [0.25, 0.3) is 0 Å². The summed E-state index contributed by atoms with van der Waals surface area (Å²) in [6.07, 6.45) is 1.56. The van der Waals surface area contributed by atoms with Crippen molar-refractivity contribution in [2.45, 2.75) is 0 Å². The number of carbonyl (C=O) groups is 2. The third kappa shape index (κ3) is 3.02. The lowest BCUT2D eigenvalue weighted by atomic mass is 10.2. The lowest BCUT2D eigenvalue weighted by molar-refractivity contribution is -0.118. The van der Waals surface area contributed by atoms with Crippen molar-refractivity contribution >= 4 is 27.7 Å². The fourth-order valence-corrected chi connectivity index (χ4v) is 1.48. The van der Waals surface area contributed by atoms with Crippen molar-refractivity contribution in [3.05, 3.63) is 28.5 Å². The molecule has 0 radical (unpaired) electrons. The number of rotatable bonds is 3. The summed E-state index contributed by atoms with van der Waals surface area (Å²) in [5.74, 6) is -0.848. The summed E-state index contributed by atoms with van der Waals surface area (Å²) >= 11 is 3.16. The summed E-state index contributed by atoms with van der Waals surface area (Å²) in [5, 5.41) is 0. The first kappa shape index (κ1) is 11.6. The van der Waals surface area contributed by atoms with Gasteiger partial charge in [0, 0.05) is 13.2 Å². The second-order valence-electron chi connectivity index (χ2n) is 2.97. The van der Waals surface area contributed by atoms with Crippen LogP contribution < -0.4 is 5.73 Å². The van der Waals surface area contributed by atoms with Gasteiger partial charge in [-0.05, 0) is 28.1 Å². The van der Waals surface area contributed by atoms with Gasteiger partial charge in [-0.2, -0.15) is 0 Å². The summed E-state index contributed by atoms with van der Waals surface area (Å²) < 4.78 is 0.450. The maximum Gasteiger partial charge on any atom is 0.256 e. The summed E-state index contributed by atoms with van der Waals surface area (Å²) in [6.45, 7) is -0.111. The van der Waals surface area contributed by atoms with Crippen LogP contribution in [0.3, 0.4) is 0 Å². The number of aromatic nitrogens is 1. The van der Waals surface area contributed by atoms with E-state index < -0.39 is 5.91 Å². The van der Waals surface area contributed by atoms with Crippen molar-refractivity contribution in [1.82, 2.24) is 9.88 Å². The van der Waals surface area contributed by atoms with E-state index in [4.69, 9.17) is 5.73 Å². The molecule has 15 heavy (non-hydrogen) atoms. The van der Waals surface area contributed by atoms with Crippen molar-refractivity contribution in [3.63, 3.8) is 0 Å². The summed E-state index contributed by atoms with van der Waals surface area (Å²) in [4.78, 5) is 27.5. The molecule has 2 N–H and O–H groups in total. The molecular formula is C9H10BrN3O2. The number of nitrogens with zero attached hydrogens (tertiary/aromatic N) is 2. The van der Waals surface area contributed by atoms with Crippen molar-refractivity contribution < 1.29 is 9.59 Å². The third-order valence-corrected chi connectivity index (χ3v) is 2.36. The van der Waals surface area contributed by atoms with Crippen LogP contribution in [0.2, 0.25) is 0 Å². The molecule has 2 amide bonds. The lowest BCUT2D eigenvalue weighted by Crippen LogP contribution is -2.35. The molecule has 0 spiro atoms. The van der Waals surface area contributed by atoms with Gasteiger partial charge in [0.05, 0.1) is 12.1 Å². The first-order chi connectivity index (χ1) is 7.02.